The molecule has 5 nitrogen and oxygen atoms in total. The van der Waals surface area contributed by atoms with E-state index >= 15 is 0 Å². The van der Waals surface area contributed by atoms with Crippen LogP contribution in [0, 0.1) is 18.8 Å². The summed E-state index contributed by atoms with van der Waals surface area (Å²) >= 11 is 0. The van der Waals surface area contributed by atoms with Crippen LogP contribution in [0.1, 0.15) is 47.3 Å². The van der Waals surface area contributed by atoms with Crippen molar-refractivity contribution >= 4 is 11.9 Å². The predicted octanol–water partition coefficient (Wildman–Crippen LogP) is 3.57. The average molecular weight is 404 g/mol. The largest absolute Gasteiger partial charge is 0.458 e. The third kappa shape index (κ3) is 4.97. The number of allylic oxidation sites excluding steroid dienone is 1. The van der Waals surface area contributed by atoms with Crippen LogP contribution in [0.4, 0.5) is 0 Å². The molecule has 0 bridgehead atoms. The molecule has 2 aromatic carbocycles. The highest BCUT2D eigenvalue weighted by Crippen LogP contribution is 2.33. The van der Waals surface area contributed by atoms with Crippen molar-refractivity contribution in [1.82, 2.24) is 0 Å². The van der Waals surface area contributed by atoms with Crippen LogP contribution in [0.25, 0.3) is 0 Å². The second-order valence-corrected chi connectivity index (χ2v) is 7.66. The van der Waals surface area contributed by atoms with E-state index in [2.05, 4.69) is 11.8 Å². The molecular weight excluding hydrogens is 380 g/mol. The second-order valence-electron chi connectivity index (χ2n) is 7.66. The quantitative estimate of drug-likeness (QED) is 0.479. The Morgan fingerprint density at radius 2 is 1.63 bits per heavy atom. The summed E-state index contributed by atoms with van der Waals surface area (Å²) in [6.07, 6.45) is 0.214. The molecule has 30 heavy (non-hydrogen) atoms. The van der Waals surface area contributed by atoms with Gasteiger partial charge in [-0.3, -0.25) is 0 Å². The zero-order valence-electron chi connectivity index (χ0n) is 17.3. The number of benzene rings is 2. The van der Waals surface area contributed by atoms with Crippen molar-refractivity contribution in [1.29, 1.82) is 0 Å². The molecule has 0 aliphatic carbocycles. The summed E-state index contributed by atoms with van der Waals surface area (Å²) in [6.45, 7) is 5.00. The molecule has 1 saturated heterocycles. The fourth-order valence-electron chi connectivity index (χ4n) is 3.04. The normalized spacial score (nSPS) is 17.7. The van der Waals surface area contributed by atoms with Crippen LogP contribution in [-0.4, -0.2) is 35.9 Å². The zero-order valence-corrected chi connectivity index (χ0v) is 17.3. The van der Waals surface area contributed by atoms with E-state index in [-0.39, 0.29) is 13.0 Å². The molecule has 0 radical (unpaired) electrons. The van der Waals surface area contributed by atoms with Gasteiger partial charge in [-0.05, 0) is 57.2 Å². The lowest BCUT2D eigenvalue weighted by Gasteiger charge is -2.24. The summed E-state index contributed by atoms with van der Waals surface area (Å²) in [5.74, 6) is 5.11. The first-order valence-corrected chi connectivity index (χ1v) is 9.68. The van der Waals surface area contributed by atoms with Gasteiger partial charge in [0.2, 0.25) is 0 Å². The summed E-state index contributed by atoms with van der Waals surface area (Å²) in [4.78, 5) is 24.4. The third-order valence-electron chi connectivity index (χ3n) is 4.94. The van der Waals surface area contributed by atoms with Crippen molar-refractivity contribution < 1.29 is 24.2 Å². The average Bonchev–Trinajstić information content (AvgIpc) is 3.09. The molecule has 0 amide bonds. The number of ether oxygens (including phenoxy) is 2. The van der Waals surface area contributed by atoms with Gasteiger partial charge < -0.3 is 14.6 Å². The molecule has 2 aromatic rings. The predicted molar refractivity (Wildman–Crippen MR) is 113 cm³/mol. The number of carbonyl (C=O) groups excluding carboxylic acids is 2. The van der Waals surface area contributed by atoms with Gasteiger partial charge in [-0.1, -0.05) is 35.1 Å². The van der Waals surface area contributed by atoms with Crippen LogP contribution in [0.15, 0.2) is 59.7 Å². The molecule has 1 aliphatic heterocycles. The van der Waals surface area contributed by atoms with Crippen molar-refractivity contribution in [2.45, 2.75) is 32.8 Å². The highest BCUT2D eigenvalue weighted by molar-refractivity contribution is 5.92. The summed E-state index contributed by atoms with van der Waals surface area (Å²) in [7, 11) is 0. The Morgan fingerprint density at radius 1 is 1.07 bits per heavy atom. The maximum atomic E-state index is 12.4. The van der Waals surface area contributed by atoms with Crippen molar-refractivity contribution in [2.24, 2.45) is 0 Å². The Kier molecular flexibility index (Phi) is 6.39. The van der Waals surface area contributed by atoms with Gasteiger partial charge in [0.1, 0.15) is 6.61 Å². The van der Waals surface area contributed by atoms with Gasteiger partial charge in [0.05, 0.1) is 12.2 Å². The van der Waals surface area contributed by atoms with E-state index in [0.29, 0.717) is 11.1 Å². The van der Waals surface area contributed by atoms with Gasteiger partial charge in [0, 0.05) is 23.1 Å². The summed E-state index contributed by atoms with van der Waals surface area (Å²) in [5.41, 5.74) is 3.34. The molecule has 0 spiro atoms. The molecule has 3 rings (SSSR count). The molecule has 1 N–H and O–H groups in total. The van der Waals surface area contributed by atoms with Gasteiger partial charge in [0.25, 0.3) is 0 Å². The Labute approximate surface area is 176 Å². The van der Waals surface area contributed by atoms with Crippen molar-refractivity contribution in [3.8, 4) is 11.8 Å². The van der Waals surface area contributed by atoms with Crippen molar-refractivity contribution in [3.63, 3.8) is 0 Å². The molecule has 5 heteroatoms. The third-order valence-corrected chi connectivity index (χ3v) is 4.94. The smallest absolute Gasteiger partial charge is 0.338 e. The first-order chi connectivity index (χ1) is 14.3. The van der Waals surface area contributed by atoms with Gasteiger partial charge in [-0.25, -0.2) is 9.59 Å². The molecule has 1 aliphatic rings. The molecule has 154 valence electrons. The lowest BCUT2D eigenvalue weighted by molar-refractivity contribution is -0.154. The van der Waals surface area contributed by atoms with E-state index in [1.54, 1.807) is 38.1 Å². The lowest BCUT2D eigenvalue weighted by Crippen LogP contribution is -2.39. The first kappa shape index (κ1) is 21.4. The van der Waals surface area contributed by atoms with Crippen LogP contribution < -0.4 is 0 Å². The molecule has 1 heterocycles. The van der Waals surface area contributed by atoms with Crippen LogP contribution in [0.5, 0.6) is 0 Å². The minimum absolute atomic E-state index is 0.208. The van der Waals surface area contributed by atoms with Crippen LogP contribution in [0.3, 0.4) is 0 Å². The monoisotopic (exact) mass is 404 g/mol. The number of cyclic esters (lactones) is 1. The van der Waals surface area contributed by atoms with Crippen LogP contribution in [0.2, 0.25) is 0 Å². The van der Waals surface area contributed by atoms with E-state index < -0.39 is 24.1 Å². The van der Waals surface area contributed by atoms with E-state index in [1.807, 2.05) is 31.2 Å². The fourth-order valence-corrected chi connectivity index (χ4v) is 3.04. The molecule has 0 saturated carbocycles. The molecule has 0 aromatic heterocycles. The minimum Gasteiger partial charge on any atom is -0.458 e. The topological polar surface area (TPSA) is 72.8 Å². The summed E-state index contributed by atoms with van der Waals surface area (Å²) in [5, 5.41) is 9.72. The van der Waals surface area contributed by atoms with E-state index in [1.165, 1.54) is 5.56 Å². The maximum absolute atomic E-state index is 12.4. The Bertz CT molecular complexity index is 1030. The number of carbonyl (C=O) groups is 2. The van der Waals surface area contributed by atoms with Gasteiger partial charge >= 0.3 is 11.9 Å². The Balaban J connectivity index is 1.63. The molecule has 1 atom stereocenters. The minimum atomic E-state index is -1.22. The fraction of sp³-hybridized carbons (Fsp3) is 0.280. The van der Waals surface area contributed by atoms with E-state index in [4.69, 9.17) is 9.47 Å². The standard InChI is InChI=1S/C25H24O5/c1-17(2)22-14-25(15-26,30-24(22)28)16-29-23(27)21-12-10-20(11-13-21)9-8-19-6-4-18(3)5-7-19/h4-7,10-13,26H,14-16H2,1-3H3/t25-/m1/s1. The Morgan fingerprint density at radius 3 is 2.13 bits per heavy atom. The lowest BCUT2D eigenvalue weighted by atomic mass is 9.97. The SMILES string of the molecule is CC(C)=C1C[C@@](CO)(COC(=O)c2ccc(C#Cc3ccc(C)cc3)cc2)OC1=O. The first-order valence-electron chi connectivity index (χ1n) is 9.68. The number of aliphatic hydroxyl groups is 1. The second kappa shape index (κ2) is 8.98. The highest BCUT2D eigenvalue weighted by atomic mass is 16.6. The van der Waals surface area contributed by atoms with Crippen molar-refractivity contribution in [3.05, 3.63) is 81.9 Å². The highest BCUT2D eigenvalue weighted by Gasteiger charge is 2.45. The number of rotatable bonds is 4. The van der Waals surface area contributed by atoms with E-state index in [9.17, 15) is 14.7 Å². The zero-order chi connectivity index (χ0) is 21.7. The number of esters is 2. The number of hydrogen-bond acceptors (Lipinski definition) is 5. The summed E-state index contributed by atoms with van der Waals surface area (Å²) < 4.78 is 10.6. The molecule has 1 fully saturated rings. The number of aryl methyl sites for hydroxylation is 1. The van der Waals surface area contributed by atoms with Gasteiger partial charge in [-0.2, -0.15) is 0 Å². The Hall–Kier alpha value is -3.36. The van der Waals surface area contributed by atoms with E-state index in [0.717, 1.165) is 16.7 Å². The van der Waals surface area contributed by atoms with Crippen LogP contribution >= 0.6 is 0 Å². The number of hydrogen-bond donors (Lipinski definition) is 1. The van der Waals surface area contributed by atoms with Gasteiger partial charge in [-0.15, -0.1) is 0 Å². The van der Waals surface area contributed by atoms with Crippen LogP contribution in [-0.2, 0) is 14.3 Å². The number of aliphatic hydroxyl groups excluding tert-OH is 1. The molecular formula is C25H24O5. The van der Waals surface area contributed by atoms with Crippen molar-refractivity contribution in [2.75, 3.05) is 13.2 Å². The molecule has 0 unspecified atom stereocenters. The summed E-state index contributed by atoms with van der Waals surface area (Å²) in [6, 6.07) is 14.7. The maximum Gasteiger partial charge on any atom is 0.338 e. The van der Waals surface area contributed by atoms with Gasteiger partial charge in [0.15, 0.2) is 5.60 Å².